The number of rotatable bonds is 15. The van der Waals surface area contributed by atoms with Crippen LogP contribution < -0.4 is 27.0 Å². The molecule has 14 nitrogen and oxygen atoms in total. The van der Waals surface area contributed by atoms with E-state index >= 15 is 0 Å². The molecule has 0 radical (unpaired) electrons. The Morgan fingerprint density at radius 1 is 0.878 bits per heavy atom. The number of aromatic nitrogens is 1. The molecule has 0 fully saturated rings. The third-order valence-electron chi connectivity index (χ3n) is 6.82. The summed E-state index contributed by atoms with van der Waals surface area (Å²) < 4.78 is 0. The van der Waals surface area contributed by atoms with Gasteiger partial charge in [-0.3, -0.25) is 24.0 Å². The van der Waals surface area contributed by atoms with Gasteiger partial charge in [0.2, 0.25) is 23.6 Å². The highest BCUT2D eigenvalue weighted by Gasteiger charge is 2.34. The Kier molecular flexibility index (Phi) is 12.2. The molecule has 0 aliphatic rings. The minimum Gasteiger partial charge on any atom is -0.480 e. The number of carboxylic acid groups (broad SMARTS) is 1. The molecule has 0 bridgehead atoms. The molecule has 2 rings (SSSR count). The quantitative estimate of drug-likeness (QED) is 0.120. The molecule has 1 aromatic heterocycles. The molecule has 1 aromatic carbocycles. The monoisotopic (exact) mass is 576 g/mol. The number of nitrogens with two attached hydrogens (primary N) is 1. The number of aliphatic hydroxyl groups excluding tert-OH is 2. The predicted molar refractivity (Wildman–Crippen MR) is 149 cm³/mol. The SMILES string of the molecule is CC[C@H](C)[C@H](NC(=O)[C@H](Cc1c[nH]c2ccccc12)NC(=O)[C@@H](NC(=O)[C@@H](N)[C@@H](C)O)[C@@H](C)O)C(=O)NCC(=O)O. The molecule has 4 amide bonds. The summed E-state index contributed by atoms with van der Waals surface area (Å²) in [6.07, 6.45) is -0.494. The van der Waals surface area contributed by atoms with E-state index in [-0.39, 0.29) is 12.3 Å². The van der Waals surface area contributed by atoms with E-state index in [4.69, 9.17) is 10.8 Å². The second-order valence-electron chi connectivity index (χ2n) is 10.1. The zero-order chi connectivity index (χ0) is 30.9. The third-order valence-corrected chi connectivity index (χ3v) is 6.82. The maximum atomic E-state index is 13.6. The van der Waals surface area contributed by atoms with Gasteiger partial charge in [-0.25, -0.2) is 0 Å². The first-order valence-electron chi connectivity index (χ1n) is 13.3. The van der Waals surface area contributed by atoms with Crippen LogP contribution in [0.1, 0.15) is 39.7 Å². The average molecular weight is 577 g/mol. The molecule has 0 saturated carbocycles. The highest BCUT2D eigenvalue weighted by atomic mass is 16.4. The zero-order valence-corrected chi connectivity index (χ0v) is 23.5. The number of aromatic amines is 1. The smallest absolute Gasteiger partial charge is 0.322 e. The van der Waals surface area contributed by atoms with Gasteiger partial charge in [0.05, 0.1) is 12.2 Å². The lowest BCUT2D eigenvalue weighted by molar-refractivity contribution is -0.139. The second kappa shape index (κ2) is 15.1. The van der Waals surface area contributed by atoms with Crippen molar-refractivity contribution in [3.8, 4) is 0 Å². The summed E-state index contributed by atoms with van der Waals surface area (Å²) in [5.41, 5.74) is 7.11. The van der Waals surface area contributed by atoms with E-state index in [1.165, 1.54) is 13.8 Å². The Balaban J connectivity index is 2.37. The van der Waals surface area contributed by atoms with Crippen molar-refractivity contribution in [2.75, 3.05) is 6.54 Å². The van der Waals surface area contributed by atoms with E-state index in [2.05, 4.69) is 26.3 Å². The summed E-state index contributed by atoms with van der Waals surface area (Å²) >= 11 is 0. The van der Waals surface area contributed by atoms with Crippen molar-refractivity contribution in [1.82, 2.24) is 26.3 Å². The number of fused-ring (bicyclic) bond motifs is 1. The van der Waals surface area contributed by atoms with E-state index in [0.29, 0.717) is 12.0 Å². The van der Waals surface area contributed by atoms with Crippen LogP contribution >= 0.6 is 0 Å². The third kappa shape index (κ3) is 9.27. The number of H-pyrrole nitrogens is 1. The molecule has 0 aliphatic carbocycles. The molecule has 0 unspecified atom stereocenters. The first-order chi connectivity index (χ1) is 19.3. The van der Waals surface area contributed by atoms with Crippen LogP contribution in [0.2, 0.25) is 0 Å². The van der Waals surface area contributed by atoms with Crippen molar-refractivity contribution >= 4 is 40.5 Å². The Bertz CT molecular complexity index is 1230. The molecule has 7 atom stereocenters. The van der Waals surface area contributed by atoms with Gasteiger partial charge in [0, 0.05) is 23.5 Å². The fraction of sp³-hybridized carbons (Fsp3) is 0.519. The van der Waals surface area contributed by atoms with Crippen LogP contribution in [0.25, 0.3) is 10.9 Å². The number of para-hydroxylation sites is 1. The Labute approximate surface area is 237 Å². The van der Waals surface area contributed by atoms with Crippen molar-refractivity contribution in [2.45, 2.75) is 76.9 Å². The van der Waals surface area contributed by atoms with Gasteiger partial charge in [-0.2, -0.15) is 0 Å². The van der Waals surface area contributed by atoms with E-state index < -0.39 is 72.5 Å². The average Bonchev–Trinajstić information content (AvgIpc) is 3.34. The normalized spacial score (nSPS) is 16.4. The highest BCUT2D eigenvalue weighted by Crippen LogP contribution is 2.20. The number of hydrogen-bond acceptors (Lipinski definition) is 8. The minimum atomic E-state index is -1.52. The minimum absolute atomic E-state index is 0.0286. The Morgan fingerprint density at radius 3 is 2.10 bits per heavy atom. The number of hydrogen-bond donors (Lipinski definition) is 9. The largest absolute Gasteiger partial charge is 0.480 e. The topological polar surface area (TPSA) is 236 Å². The summed E-state index contributed by atoms with van der Waals surface area (Å²) in [5.74, 6) is -4.86. The molecule has 1 heterocycles. The van der Waals surface area contributed by atoms with Crippen molar-refractivity contribution in [3.05, 3.63) is 36.0 Å². The predicted octanol–water partition coefficient (Wildman–Crippen LogP) is -1.50. The number of carbonyl (C=O) groups is 5. The van der Waals surface area contributed by atoms with Crippen LogP contribution in [-0.2, 0) is 30.4 Å². The first-order valence-corrected chi connectivity index (χ1v) is 13.3. The Hall–Kier alpha value is -4.01. The standard InChI is InChI=1S/C27H40N6O8/c1-5-13(2)22(26(40)30-12-20(36)37)32-24(38)19(10-16-11-29-18-9-7-6-8-17(16)18)31-27(41)23(15(4)35)33-25(39)21(28)14(3)34/h6-9,11,13-15,19,21-23,29,34-35H,5,10,12,28H2,1-4H3,(H,30,40)(H,31,41)(H,32,38)(H,33,39)(H,36,37)/t13-,14+,15+,19-,21-,22-,23-/m0/s1. The molecule has 2 aromatic rings. The summed E-state index contributed by atoms with van der Waals surface area (Å²) in [5, 5.41) is 39.3. The number of aliphatic hydroxyl groups is 2. The number of amides is 4. The highest BCUT2D eigenvalue weighted by molar-refractivity contribution is 5.96. The molecule has 41 heavy (non-hydrogen) atoms. The van der Waals surface area contributed by atoms with Crippen LogP contribution in [0.5, 0.6) is 0 Å². The van der Waals surface area contributed by atoms with Gasteiger partial charge < -0.3 is 47.3 Å². The summed E-state index contributed by atoms with van der Waals surface area (Å²) in [6, 6.07) is 2.04. The second-order valence-corrected chi connectivity index (χ2v) is 10.1. The molecule has 10 N–H and O–H groups in total. The maximum Gasteiger partial charge on any atom is 0.322 e. The van der Waals surface area contributed by atoms with E-state index in [0.717, 1.165) is 10.9 Å². The van der Waals surface area contributed by atoms with Crippen LogP contribution in [0.15, 0.2) is 30.5 Å². The fourth-order valence-corrected chi connectivity index (χ4v) is 4.09. The molecule has 14 heteroatoms. The van der Waals surface area contributed by atoms with E-state index in [1.54, 1.807) is 20.0 Å². The van der Waals surface area contributed by atoms with Gasteiger partial charge >= 0.3 is 5.97 Å². The molecule has 0 spiro atoms. The first kappa shape index (κ1) is 33.2. The lowest BCUT2D eigenvalue weighted by Gasteiger charge is -2.28. The van der Waals surface area contributed by atoms with Gasteiger partial charge in [0.15, 0.2) is 0 Å². The van der Waals surface area contributed by atoms with E-state index in [9.17, 15) is 34.2 Å². The zero-order valence-electron chi connectivity index (χ0n) is 23.5. The van der Waals surface area contributed by atoms with Crippen molar-refractivity contribution in [3.63, 3.8) is 0 Å². The van der Waals surface area contributed by atoms with Gasteiger partial charge in [-0.1, -0.05) is 38.5 Å². The summed E-state index contributed by atoms with van der Waals surface area (Å²) in [4.78, 5) is 66.1. The summed E-state index contributed by atoms with van der Waals surface area (Å²) in [6.45, 7) is 5.43. The Morgan fingerprint density at radius 2 is 1.51 bits per heavy atom. The van der Waals surface area contributed by atoms with Gasteiger partial charge in [0.1, 0.15) is 30.7 Å². The lowest BCUT2D eigenvalue weighted by atomic mass is 9.97. The van der Waals surface area contributed by atoms with Crippen LogP contribution in [0, 0.1) is 5.92 Å². The van der Waals surface area contributed by atoms with Gasteiger partial charge in [0.25, 0.3) is 0 Å². The van der Waals surface area contributed by atoms with Crippen molar-refractivity contribution < 1.29 is 39.3 Å². The molecule has 0 aliphatic heterocycles. The number of nitrogens with one attached hydrogen (secondary N) is 5. The van der Waals surface area contributed by atoms with Crippen LogP contribution in [0.3, 0.4) is 0 Å². The molecule has 226 valence electrons. The van der Waals surface area contributed by atoms with Crippen LogP contribution in [0.4, 0.5) is 0 Å². The van der Waals surface area contributed by atoms with Gasteiger partial charge in [-0.05, 0) is 31.4 Å². The number of aliphatic carboxylic acids is 1. The number of carbonyl (C=O) groups excluding carboxylic acids is 4. The van der Waals surface area contributed by atoms with Crippen molar-refractivity contribution in [1.29, 1.82) is 0 Å². The van der Waals surface area contributed by atoms with Crippen molar-refractivity contribution in [2.24, 2.45) is 11.7 Å². The summed E-state index contributed by atoms with van der Waals surface area (Å²) in [7, 11) is 0. The fourth-order valence-electron chi connectivity index (χ4n) is 4.09. The van der Waals surface area contributed by atoms with Gasteiger partial charge in [-0.15, -0.1) is 0 Å². The molecular weight excluding hydrogens is 536 g/mol. The number of benzene rings is 1. The molecular formula is C27H40N6O8. The van der Waals surface area contributed by atoms with E-state index in [1.807, 2.05) is 24.3 Å². The maximum absolute atomic E-state index is 13.6. The van der Waals surface area contributed by atoms with Crippen LogP contribution in [-0.4, -0.2) is 92.8 Å². The lowest BCUT2D eigenvalue weighted by Crippen LogP contribution is -2.61. The number of carboxylic acids is 1. The molecule has 0 saturated heterocycles.